The van der Waals surface area contributed by atoms with E-state index in [0.717, 1.165) is 10.6 Å². The van der Waals surface area contributed by atoms with Gasteiger partial charge in [-0.05, 0) is 55.8 Å². The van der Waals surface area contributed by atoms with E-state index in [0.29, 0.717) is 33.7 Å². The molecule has 0 saturated carbocycles. The van der Waals surface area contributed by atoms with E-state index >= 15 is 0 Å². The number of hydrogen-bond acceptors (Lipinski definition) is 4. The van der Waals surface area contributed by atoms with Crippen LogP contribution < -0.4 is 14.4 Å². The third-order valence-corrected chi connectivity index (χ3v) is 5.79. The number of carbonyl (C=O) groups is 1. The first-order chi connectivity index (χ1) is 13.1. The van der Waals surface area contributed by atoms with Crippen LogP contribution in [0.4, 0.5) is 5.69 Å². The fourth-order valence-electron chi connectivity index (χ4n) is 2.66. The van der Waals surface area contributed by atoms with E-state index in [1.54, 1.807) is 42.5 Å². The summed E-state index contributed by atoms with van der Waals surface area (Å²) in [6.45, 7) is 4.04. The van der Waals surface area contributed by atoms with Crippen molar-refractivity contribution in [2.24, 2.45) is 0 Å². The Morgan fingerprint density at radius 3 is 2.36 bits per heavy atom. The maximum Gasteiger partial charge on any atom is 0.243 e. The number of ether oxygens (including phenoxy) is 1. The van der Waals surface area contributed by atoms with Crippen molar-refractivity contribution in [1.82, 2.24) is 5.32 Å². The molecule has 1 amide bonds. The van der Waals surface area contributed by atoms with Crippen LogP contribution in [0.3, 0.4) is 0 Å². The molecule has 0 fully saturated rings. The molecule has 152 valence electrons. The van der Waals surface area contributed by atoms with E-state index in [4.69, 9.17) is 27.9 Å². The fourth-order valence-corrected chi connectivity index (χ4v) is 4.31. The van der Waals surface area contributed by atoms with Crippen LogP contribution in [0.2, 0.25) is 10.0 Å². The highest BCUT2D eigenvalue weighted by atomic mass is 35.5. The van der Waals surface area contributed by atoms with Gasteiger partial charge in [-0.3, -0.25) is 9.10 Å². The number of nitrogens with zero attached hydrogens (tertiary/aromatic N) is 1. The molecule has 0 aliphatic carbocycles. The molecule has 0 aromatic heterocycles. The maximum atomic E-state index is 12.6. The Labute approximate surface area is 175 Å². The molecule has 9 heteroatoms. The van der Waals surface area contributed by atoms with Gasteiger partial charge in [-0.15, -0.1) is 0 Å². The average molecular weight is 445 g/mol. The predicted molar refractivity (Wildman–Crippen MR) is 113 cm³/mol. The van der Waals surface area contributed by atoms with E-state index < -0.39 is 22.0 Å². The molecule has 0 heterocycles. The Hall–Kier alpha value is -1.96. The molecule has 1 N–H and O–H groups in total. The van der Waals surface area contributed by atoms with Crippen molar-refractivity contribution in [3.63, 3.8) is 0 Å². The largest absolute Gasteiger partial charge is 0.494 e. The molecule has 2 rings (SSSR count). The summed E-state index contributed by atoms with van der Waals surface area (Å²) in [4.78, 5) is 12.6. The van der Waals surface area contributed by atoms with Crippen LogP contribution in [0.5, 0.6) is 5.75 Å². The van der Waals surface area contributed by atoms with Crippen LogP contribution in [0.15, 0.2) is 42.5 Å². The van der Waals surface area contributed by atoms with Gasteiger partial charge in [0, 0.05) is 16.6 Å². The third-order valence-electron chi connectivity index (χ3n) is 3.96. The van der Waals surface area contributed by atoms with Gasteiger partial charge < -0.3 is 10.1 Å². The van der Waals surface area contributed by atoms with Crippen molar-refractivity contribution in [2.45, 2.75) is 26.4 Å². The second-order valence-electron chi connectivity index (χ2n) is 6.12. The molecular formula is C19H22Cl2N2O4S. The smallest absolute Gasteiger partial charge is 0.243 e. The highest BCUT2D eigenvalue weighted by Crippen LogP contribution is 2.24. The number of sulfonamides is 1. The van der Waals surface area contributed by atoms with Crippen molar-refractivity contribution >= 4 is 44.8 Å². The van der Waals surface area contributed by atoms with Crippen LogP contribution in [0, 0.1) is 0 Å². The number of hydrogen-bond donors (Lipinski definition) is 1. The van der Waals surface area contributed by atoms with Crippen molar-refractivity contribution in [3.8, 4) is 5.75 Å². The van der Waals surface area contributed by atoms with Gasteiger partial charge in [0.25, 0.3) is 0 Å². The molecule has 1 atom stereocenters. The molecule has 0 saturated heterocycles. The minimum atomic E-state index is -3.70. The molecule has 6 nitrogen and oxygen atoms in total. The number of rotatable bonds is 8. The van der Waals surface area contributed by atoms with E-state index in [-0.39, 0.29) is 6.54 Å². The summed E-state index contributed by atoms with van der Waals surface area (Å²) in [5, 5.41) is 3.63. The number of carbonyl (C=O) groups excluding carboxylic acids is 1. The van der Waals surface area contributed by atoms with Crippen LogP contribution in [-0.4, -0.2) is 33.2 Å². The van der Waals surface area contributed by atoms with Crippen molar-refractivity contribution in [2.75, 3.05) is 17.2 Å². The second-order valence-corrected chi connectivity index (χ2v) is 8.82. The first kappa shape index (κ1) is 22.3. The molecular weight excluding hydrogens is 423 g/mol. The Kier molecular flexibility index (Phi) is 7.57. The first-order valence-electron chi connectivity index (χ1n) is 8.57. The van der Waals surface area contributed by atoms with E-state index in [2.05, 4.69) is 5.32 Å². The molecule has 1 unspecified atom stereocenters. The number of amides is 1. The number of benzene rings is 2. The van der Waals surface area contributed by atoms with E-state index in [9.17, 15) is 13.2 Å². The van der Waals surface area contributed by atoms with Gasteiger partial charge in [0.2, 0.25) is 15.9 Å². The molecule has 0 aliphatic heterocycles. The molecule has 28 heavy (non-hydrogen) atoms. The van der Waals surface area contributed by atoms with E-state index in [1.165, 1.54) is 6.92 Å². The summed E-state index contributed by atoms with van der Waals surface area (Å²) < 4.78 is 31.1. The highest BCUT2D eigenvalue weighted by molar-refractivity contribution is 7.92. The zero-order valence-corrected chi connectivity index (χ0v) is 18.1. The number of halogens is 2. The van der Waals surface area contributed by atoms with Gasteiger partial charge in [0.05, 0.1) is 18.6 Å². The molecule has 0 spiro atoms. The van der Waals surface area contributed by atoms with Crippen LogP contribution >= 0.6 is 23.2 Å². The SMILES string of the molecule is CCOc1ccc(N(C(C)C(=O)NCc2ccc(Cl)cc2Cl)S(C)(=O)=O)cc1. The molecule has 0 bridgehead atoms. The van der Waals surface area contributed by atoms with Crippen LogP contribution in [0.25, 0.3) is 0 Å². The molecule has 2 aromatic carbocycles. The monoisotopic (exact) mass is 444 g/mol. The topological polar surface area (TPSA) is 75.7 Å². The van der Waals surface area contributed by atoms with Gasteiger partial charge in [-0.1, -0.05) is 29.3 Å². The van der Waals surface area contributed by atoms with Gasteiger partial charge in [0.1, 0.15) is 11.8 Å². The number of anilines is 1. The van der Waals surface area contributed by atoms with E-state index in [1.807, 2.05) is 6.92 Å². The summed E-state index contributed by atoms with van der Waals surface area (Å²) in [6.07, 6.45) is 1.06. The van der Waals surface area contributed by atoms with Crippen molar-refractivity contribution in [1.29, 1.82) is 0 Å². The predicted octanol–water partition coefficient (Wildman–Crippen LogP) is 3.86. The van der Waals surface area contributed by atoms with Gasteiger partial charge in [0.15, 0.2) is 0 Å². The second kappa shape index (κ2) is 9.49. The van der Waals surface area contributed by atoms with Gasteiger partial charge in [-0.25, -0.2) is 8.42 Å². The zero-order chi connectivity index (χ0) is 20.9. The van der Waals surface area contributed by atoms with Crippen molar-refractivity contribution < 1.29 is 17.9 Å². The minimum absolute atomic E-state index is 0.153. The lowest BCUT2D eigenvalue weighted by molar-refractivity contribution is -0.122. The quantitative estimate of drug-likeness (QED) is 0.670. The van der Waals surface area contributed by atoms with Crippen LogP contribution in [-0.2, 0) is 21.4 Å². The lowest BCUT2D eigenvalue weighted by Gasteiger charge is -2.28. The Balaban J connectivity index is 2.17. The first-order valence-corrected chi connectivity index (χ1v) is 11.2. The zero-order valence-electron chi connectivity index (χ0n) is 15.8. The minimum Gasteiger partial charge on any atom is -0.494 e. The summed E-state index contributed by atoms with van der Waals surface area (Å²) in [5.41, 5.74) is 1.05. The van der Waals surface area contributed by atoms with Crippen LogP contribution in [0.1, 0.15) is 19.4 Å². The maximum absolute atomic E-state index is 12.6. The summed E-state index contributed by atoms with van der Waals surface area (Å²) in [7, 11) is -3.70. The third kappa shape index (κ3) is 5.77. The normalized spacial score (nSPS) is 12.3. The summed E-state index contributed by atoms with van der Waals surface area (Å²) in [6, 6.07) is 10.5. The van der Waals surface area contributed by atoms with Gasteiger partial charge in [-0.2, -0.15) is 0 Å². The molecule has 0 radical (unpaired) electrons. The fraction of sp³-hybridized carbons (Fsp3) is 0.316. The Bertz CT molecular complexity index is 933. The lowest BCUT2D eigenvalue weighted by atomic mass is 10.2. The summed E-state index contributed by atoms with van der Waals surface area (Å²) in [5.74, 6) is 0.166. The molecule has 2 aromatic rings. The average Bonchev–Trinajstić information content (AvgIpc) is 2.61. The van der Waals surface area contributed by atoms with Crippen molar-refractivity contribution in [3.05, 3.63) is 58.1 Å². The van der Waals surface area contributed by atoms with Gasteiger partial charge >= 0.3 is 0 Å². The number of nitrogens with one attached hydrogen (secondary N) is 1. The Morgan fingerprint density at radius 1 is 1.18 bits per heavy atom. The summed E-state index contributed by atoms with van der Waals surface area (Å²) >= 11 is 12.0. The molecule has 0 aliphatic rings. The highest BCUT2D eigenvalue weighted by Gasteiger charge is 2.29. The standard InChI is InChI=1S/C19H22Cl2N2O4S/c1-4-27-17-9-7-16(8-10-17)23(28(3,25)26)13(2)19(24)22-12-14-5-6-15(20)11-18(14)21/h5-11,13H,4,12H2,1-3H3,(H,22,24). The Morgan fingerprint density at radius 2 is 1.82 bits per heavy atom. The lowest BCUT2D eigenvalue weighted by Crippen LogP contribution is -2.47.